The van der Waals surface area contributed by atoms with Crippen LogP contribution in [0.5, 0.6) is 0 Å². The standard InChI is InChI=1S/C29H28ClN3O4/c1-29(2)36-25-23(34-18-20-11-7-4-8-12-20)24(35-28(25)37-29)27-32-31-26(21-13-15-22(30)16-14-21)33(27)17-19-9-5-3-6-10-19/h3-16,23-25,28H,17-18H2,1-2H3/t23-,24-,25+,28+/m0/s1. The zero-order valence-electron chi connectivity index (χ0n) is 20.7. The molecule has 0 unspecified atom stereocenters. The number of fused-ring (bicyclic) bond motifs is 1. The van der Waals surface area contributed by atoms with Gasteiger partial charge in [-0.05, 0) is 49.2 Å². The van der Waals surface area contributed by atoms with E-state index in [0.29, 0.717) is 24.0 Å². The van der Waals surface area contributed by atoms with Crippen LogP contribution in [0.3, 0.4) is 0 Å². The summed E-state index contributed by atoms with van der Waals surface area (Å²) in [6, 6.07) is 27.9. The Morgan fingerprint density at radius 1 is 0.865 bits per heavy atom. The van der Waals surface area contributed by atoms with Crippen LogP contribution in [0.2, 0.25) is 5.02 Å². The molecular weight excluding hydrogens is 490 g/mol. The van der Waals surface area contributed by atoms with E-state index in [4.69, 9.17) is 30.5 Å². The van der Waals surface area contributed by atoms with Crippen LogP contribution in [0.15, 0.2) is 84.9 Å². The maximum atomic E-state index is 6.47. The van der Waals surface area contributed by atoms with Gasteiger partial charge in [0.1, 0.15) is 18.3 Å². The summed E-state index contributed by atoms with van der Waals surface area (Å²) in [5, 5.41) is 9.87. The summed E-state index contributed by atoms with van der Waals surface area (Å²) in [5.41, 5.74) is 3.09. The van der Waals surface area contributed by atoms with Crippen molar-refractivity contribution in [2.45, 2.75) is 57.4 Å². The first-order chi connectivity index (χ1) is 18.0. The molecule has 2 fully saturated rings. The van der Waals surface area contributed by atoms with E-state index < -0.39 is 30.4 Å². The predicted molar refractivity (Wildman–Crippen MR) is 139 cm³/mol. The van der Waals surface area contributed by atoms with Gasteiger partial charge in [-0.3, -0.25) is 0 Å². The Balaban J connectivity index is 1.38. The highest BCUT2D eigenvalue weighted by Gasteiger charge is 2.57. The summed E-state index contributed by atoms with van der Waals surface area (Å²) in [7, 11) is 0. The Labute approximate surface area is 220 Å². The van der Waals surface area contributed by atoms with Crippen LogP contribution >= 0.6 is 11.6 Å². The molecule has 8 heteroatoms. The Morgan fingerprint density at radius 2 is 1.54 bits per heavy atom. The van der Waals surface area contributed by atoms with Crippen LogP contribution in [0.1, 0.15) is 36.9 Å². The third kappa shape index (κ3) is 5.06. The Bertz CT molecular complexity index is 1340. The molecule has 4 aromatic rings. The van der Waals surface area contributed by atoms with Crippen LogP contribution in [-0.2, 0) is 32.1 Å². The maximum Gasteiger partial charge on any atom is 0.190 e. The fraction of sp³-hybridized carbons (Fsp3) is 0.310. The van der Waals surface area contributed by atoms with Crippen molar-refractivity contribution in [1.82, 2.24) is 14.8 Å². The van der Waals surface area contributed by atoms with E-state index in [9.17, 15) is 0 Å². The van der Waals surface area contributed by atoms with Crippen molar-refractivity contribution < 1.29 is 18.9 Å². The molecule has 0 N–H and O–H groups in total. The average Bonchev–Trinajstić information content (AvgIpc) is 3.54. The molecule has 2 aliphatic rings. The second-order valence-electron chi connectivity index (χ2n) is 9.75. The Kier molecular flexibility index (Phi) is 6.56. The smallest absolute Gasteiger partial charge is 0.190 e. The highest BCUT2D eigenvalue weighted by molar-refractivity contribution is 6.30. The molecule has 0 saturated carbocycles. The molecule has 3 heterocycles. The molecule has 0 aliphatic carbocycles. The van der Waals surface area contributed by atoms with E-state index in [1.807, 2.05) is 86.6 Å². The van der Waals surface area contributed by atoms with Gasteiger partial charge in [-0.2, -0.15) is 0 Å². The lowest BCUT2D eigenvalue weighted by atomic mass is 10.1. The summed E-state index contributed by atoms with van der Waals surface area (Å²) >= 11 is 6.15. The lowest BCUT2D eigenvalue weighted by Gasteiger charge is -2.26. The zero-order chi connectivity index (χ0) is 25.4. The van der Waals surface area contributed by atoms with Gasteiger partial charge in [0, 0.05) is 10.6 Å². The Hall–Kier alpha value is -3.07. The highest BCUT2D eigenvalue weighted by atomic mass is 35.5. The van der Waals surface area contributed by atoms with E-state index in [0.717, 1.165) is 22.5 Å². The quantitative estimate of drug-likeness (QED) is 0.309. The largest absolute Gasteiger partial charge is 0.367 e. The van der Waals surface area contributed by atoms with Crippen LogP contribution in [0.25, 0.3) is 11.4 Å². The van der Waals surface area contributed by atoms with Gasteiger partial charge < -0.3 is 23.5 Å². The molecular formula is C29H28ClN3O4. The number of nitrogens with zero attached hydrogens (tertiary/aromatic N) is 3. The van der Waals surface area contributed by atoms with E-state index in [2.05, 4.69) is 26.9 Å². The number of aromatic nitrogens is 3. The van der Waals surface area contributed by atoms with Crippen molar-refractivity contribution in [3.05, 3.63) is 107 Å². The van der Waals surface area contributed by atoms with E-state index in [-0.39, 0.29) is 0 Å². The van der Waals surface area contributed by atoms with Crippen LogP contribution in [-0.4, -0.2) is 39.0 Å². The minimum absolute atomic E-state index is 0.399. The van der Waals surface area contributed by atoms with Gasteiger partial charge in [0.2, 0.25) is 0 Å². The van der Waals surface area contributed by atoms with Gasteiger partial charge in [-0.15, -0.1) is 10.2 Å². The third-order valence-electron chi connectivity index (χ3n) is 6.60. The molecule has 7 nitrogen and oxygen atoms in total. The molecule has 2 aliphatic heterocycles. The number of hydrogen-bond acceptors (Lipinski definition) is 6. The van der Waals surface area contributed by atoms with Crippen molar-refractivity contribution in [2.24, 2.45) is 0 Å². The molecule has 190 valence electrons. The summed E-state index contributed by atoms with van der Waals surface area (Å²) in [4.78, 5) is 0. The zero-order valence-corrected chi connectivity index (χ0v) is 21.4. The normalized spacial score (nSPS) is 24.3. The number of hydrogen-bond donors (Lipinski definition) is 0. The SMILES string of the molecule is CC1(C)O[C@H]2O[C@H](c3nnc(-c4ccc(Cl)cc4)n3Cc3ccccc3)[C@H](OCc3ccccc3)[C@H]2O1. The molecule has 3 aromatic carbocycles. The van der Waals surface area contributed by atoms with Crippen molar-refractivity contribution >= 4 is 11.6 Å². The van der Waals surface area contributed by atoms with Crippen LogP contribution in [0.4, 0.5) is 0 Å². The summed E-state index contributed by atoms with van der Waals surface area (Å²) < 4.78 is 27.3. The number of benzene rings is 3. The topological polar surface area (TPSA) is 67.6 Å². The van der Waals surface area contributed by atoms with Gasteiger partial charge >= 0.3 is 0 Å². The fourth-order valence-electron chi connectivity index (χ4n) is 4.90. The van der Waals surface area contributed by atoms with E-state index in [1.165, 1.54) is 0 Å². The summed E-state index contributed by atoms with van der Waals surface area (Å²) in [5.74, 6) is 0.618. The lowest BCUT2D eigenvalue weighted by molar-refractivity contribution is -0.221. The first-order valence-electron chi connectivity index (χ1n) is 12.4. The molecule has 0 amide bonds. The molecule has 0 bridgehead atoms. The van der Waals surface area contributed by atoms with Crippen molar-refractivity contribution in [3.63, 3.8) is 0 Å². The molecule has 1 aromatic heterocycles. The first kappa shape index (κ1) is 24.3. The van der Waals surface area contributed by atoms with Crippen molar-refractivity contribution in [2.75, 3.05) is 0 Å². The van der Waals surface area contributed by atoms with Crippen molar-refractivity contribution in [1.29, 1.82) is 0 Å². The second kappa shape index (κ2) is 10.0. The average molecular weight is 518 g/mol. The molecule has 37 heavy (non-hydrogen) atoms. The molecule has 0 radical (unpaired) electrons. The predicted octanol–water partition coefficient (Wildman–Crippen LogP) is 5.78. The van der Waals surface area contributed by atoms with E-state index >= 15 is 0 Å². The molecule has 2 saturated heterocycles. The highest BCUT2D eigenvalue weighted by Crippen LogP contribution is 2.45. The minimum atomic E-state index is -0.763. The van der Waals surface area contributed by atoms with Gasteiger partial charge in [-0.1, -0.05) is 72.3 Å². The van der Waals surface area contributed by atoms with Gasteiger partial charge in [0.15, 0.2) is 23.7 Å². The number of rotatable bonds is 7. The van der Waals surface area contributed by atoms with E-state index in [1.54, 1.807) is 0 Å². The van der Waals surface area contributed by atoms with Crippen LogP contribution in [0, 0.1) is 0 Å². The Morgan fingerprint density at radius 3 is 2.24 bits per heavy atom. The summed E-state index contributed by atoms with van der Waals surface area (Å²) in [6.45, 7) is 4.74. The number of ether oxygens (including phenoxy) is 4. The van der Waals surface area contributed by atoms with Crippen molar-refractivity contribution in [3.8, 4) is 11.4 Å². The monoisotopic (exact) mass is 517 g/mol. The molecule has 6 rings (SSSR count). The lowest BCUT2D eigenvalue weighted by Crippen LogP contribution is -2.34. The second-order valence-corrected chi connectivity index (χ2v) is 10.2. The summed E-state index contributed by atoms with van der Waals surface area (Å²) in [6.07, 6.45) is -1.94. The minimum Gasteiger partial charge on any atom is -0.367 e. The molecule has 0 spiro atoms. The fourth-order valence-corrected chi connectivity index (χ4v) is 5.02. The first-order valence-corrected chi connectivity index (χ1v) is 12.7. The maximum absolute atomic E-state index is 6.47. The number of halogens is 1. The third-order valence-corrected chi connectivity index (χ3v) is 6.85. The van der Waals surface area contributed by atoms with Crippen LogP contribution < -0.4 is 0 Å². The van der Waals surface area contributed by atoms with Gasteiger partial charge in [0.25, 0.3) is 0 Å². The van der Waals surface area contributed by atoms with Gasteiger partial charge in [-0.25, -0.2) is 0 Å². The van der Waals surface area contributed by atoms with Gasteiger partial charge in [0.05, 0.1) is 13.2 Å². The molecule has 4 atom stereocenters.